The van der Waals surface area contributed by atoms with Crippen LogP contribution in [0.15, 0.2) is 48.5 Å². The van der Waals surface area contributed by atoms with E-state index in [1.165, 1.54) is 13.2 Å². The van der Waals surface area contributed by atoms with Crippen molar-refractivity contribution >= 4 is 29.1 Å². The van der Waals surface area contributed by atoms with E-state index in [2.05, 4.69) is 5.32 Å². The van der Waals surface area contributed by atoms with Crippen molar-refractivity contribution < 1.29 is 28.9 Å². The molecule has 2 N–H and O–H groups in total. The molecule has 29 heavy (non-hydrogen) atoms. The van der Waals surface area contributed by atoms with Crippen molar-refractivity contribution in [2.24, 2.45) is 0 Å². The molecule has 0 spiro atoms. The molecule has 0 radical (unpaired) electrons. The number of aliphatic carboxylic acids is 1. The Morgan fingerprint density at radius 2 is 1.69 bits per heavy atom. The monoisotopic (exact) mass is 419 g/mol. The van der Waals surface area contributed by atoms with E-state index in [9.17, 15) is 9.59 Å². The Morgan fingerprint density at radius 1 is 1.03 bits per heavy atom. The number of methoxy groups -OCH3 is 2. The van der Waals surface area contributed by atoms with Crippen molar-refractivity contribution in [3.63, 3.8) is 0 Å². The molecule has 0 aliphatic rings. The summed E-state index contributed by atoms with van der Waals surface area (Å²) in [6, 6.07) is 12.5. The van der Waals surface area contributed by atoms with Crippen molar-refractivity contribution in [1.82, 2.24) is 5.32 Å². The number of nitrogens with one attached hydrogen (secondary N) is 1. The van der Waals surface area contributed by atoms with Gasteiger partial charge in [-0.1, -0.05) is 29.8 Å². The Bertz CT molecular complexity index is 879. The van der Waals surface area contributed by atoms with Gasteiger partial charge in [-0.15, -0.1) is 0 Å². The van der Waals surface area contributed by atoms with Gasteiger partial charge in [0.15, 0.2) is 11.5 Å². The third-order valence-electron chi connectivity index (χ3n) is 3.90. The van der Waals surface area contributed by atoms with Crippen LogP contribution in [0.1, 0.15) is 11.1 Å². The maximum Gasteiger partial charge on any atom is 0.329 e. The topological polar surface area (TPSA) is 94.1 Å². The highest BCUT2D eigenvalue weighted by atomic mass is 35.5. The van der Waals surface area contributed by atoms with E-state index in [0.29, 0.717) is 22.1 Å². The summed E-state index contributed by atoms with van der Waals surface area (Å²) >= 11 is 5.98. The minimum atomic E-state index is -1.06. The average Bonchev–Trinajstić information content (AvgIpc) is 2.71. The molecule has 2 aromatic carbocycles. The fraction of sp³-hybridized carbons (Fsp3) is 0.238. The molecular formula is C21H22ClNO6. The summed E-state index contributed by atoms with van der Waals surface area (Å²) in [6.45, 7) is -0.131. The van der Waals surface area contributed by atoms with Gasteiger partial charge >= 0.3 is 5.97 Å². The van der Waals surface area contributed by atoms with Crippen LogP contribution in [-0.2, 0) is 14.3 Å². The van der Waals surface area contributed by atoms with Crippen LogP contribution >= 0.6 is 11.6 Å². The minimum absolute atomic E-state index is 0.0958. The van der Waals surface area contributed by atoms with Crippen molar-refractivity contribution in [2.75, 3.05) is 34.0 Å². The Hall–Kier alpha value is -3.03. The highest BCUT2D eigenvalue weighted by Gasteiger charge is 2.12. The van der Waals surface area contributed by atoms with Crippen LogP contribution in [0.3, 0.4) is 0 Å². The number of rotatable bonds is 10. The number of halogens is 1. The van der Waals surface area contributed by atoms with E-state index in [-0.39, 0.29) is 19.1 Å². The molecule has 0 unspecified atom stereocenters. The number of carboxylic acids is 1. The standard InChI is InChI=1S/C21H22ClNO6/c1-27-18-8-5-15(11-19(18)28-2)17(14-3-6-16(22)7-4-14)12-20(24)23-9-10-29-13-21(25)26/h3-8,11-12H,9-10,13H2,1-2H3,(H,23,24)(H,25,26). The third-order valence-corrected chi connectivity index (χ3v) is 4.15. The van der Waals surface area contributed by atoms with Crippen LogP contribution in [0.4, 0.5) is 0 Å². The van der Waals surface area contributed by atoms with Crippen molar-refractivity contribution in [3.8, 4) is 11.5 Å². The maximum atomic E-state index is 12.4. The summed E-state index contributed by atoms with van der Waals surface area (Å²) in [6.07, 6.45) is 1.46. The second kappa shape index (κ2) is 11.1. The molecule has 0 saturated carbocycles. The third kappa shape index (κ3) is 6.81. The van der Waals surface area contributed by atoms with Crippen LogP contribution in [0.2, 0.25) is 5.02 Å². The lowest BCUT2D eigenvalue weighted by Crippen LogP contribution is -2.26. The van der Waals surface area contributed by atoms with Gasteiger partial charge < -0.3 is 24.6 Å². The SMILES string of the molecule is COc1ccc(C(=CC(=O)NCCOCC(=O)O)c2ccc(Cl)cc2)cc1OC. The smallest absolute Gasteiger partial charge is 0.329 e. The first-order valence-electron chi connectivity index (χ1n) is 8.72. The summed E-state index contributed by atoms with van der Waals surface area (Å²) in [5, 5.41) is 11.8. The highest BCUT2D eigenvalue weighted by Crippen LogP contribution is 2.33. The van der Waals surface area contributed by atoms with E-state index in [1.54, 1.807) is 31.4 Å². The average molecular weight is 420 g/mol. The zero-order valence-electron chi connectivity index (χ0n) is 16.1. The first-order valence-corrected chi connectivity index (χ1v) is 9.09. The molecule has 0 heterocycles. The molecule has 0 saturated heterocycles. The largest absolute Gasteiger partial charge is 0.493 e. The first kappa shape index (κ1) is 22.3. The predicted molar refractivity (Wildman–Crippen MR) is 110 cm³/mol. The van der Waals surface area contributed by atoms with Gasteiger partial charge in [0.2, 0.25) is 5.91 Å². The van der Waals surface area contributed by atoms with Gasteiger partial charge in [-0.3, -0.25) is 4.79 Å². The minimum Gasteiger partial charge on any atom is -0.493 e. The number of carboxylic acid groups (broad SMARTS) is 1. The summed E-state index contributed by atoms with van der Waals surface area (Å²) in [4.78, 5) is 22.8. The van der Waals surface area contributed by atoms with E-state index < -0.39 is 12.6 Å². The predicted octanol–water partition coefficient (Wildman–Crippen LogP) is 3.01. The summed E-state index contributed by atoms with van der Waals surface area (Å²) < 4.78 is 15.5. The van der Waals surface area contributed by atoms with Crippen LogP contribution in [0, 0.1) is 0 Å². The van der Waals surface area contributed by atoms with E-state index in [1.807, 2.05) is 18.2 Å². The second-order valence-electron chi connectivity index (χ2n) is 5.87. The number of carbonyl (C=O) groups excluding carboxylic acids is 1. The number of hydrogen-bond donors (Lipinski definition) is 2. The number of hydrogen-bond acceptors (Lipinski definition) is 5. The van der Waals surface area contributed by atoms with Crippen molar-refractivity contribution in [1.29, 1.82) is 0 Å². The Morgan fingerprint density at radius 3 is 2.31 bits per heavy atom. The lowest BCUT2D eigenvalue weighted by molar-refractivity contribution is -0.142. The first-order chi connectivity index (χ1) is 13.9. The van der Waals surface area contributed by atoms with Crippen LogP contribution in [-0.4, -0.2) is 51.0 Å². The molecule has 154 valence electrons. The normalized spacial score (nSPS) is 11.1. The van der Waals surface area contributed by atoms with Gasteiger partial charge in [0.1, 0.15) is 6.61 Å². The summed E-state index contributed by atoms with van der Waals surface area (Å²) in [5.41, 5.74) is 2.20. The lowest BCUT2D eigenvalue weighted by atomic mass is 9.97. The quantitative estimate of drug-likeness (QED) is 0.454. The number of amides is 1. The Kier molecular flexibility index (Phi) is 8.51. The van der Waals surface area contributed by atoms with Gasteiger partial charge in [0.05, 0.1) is 20.8 Å². The Labute approximate surface area is 173 Å². The van der Waals surface area contributed by atoms with Crippen LogP contribution < -0.4 is 14.8 Å². The fourth-order valence-electron chi connectivity index (χ4n) is 2.55. The van der Waals surface area contributed by atoms with Gasteiger partial charge in [-0.2, -0.15) is 0 Å². The highest BCUT2D eigenvalue weighted by molar-refractivity contribution is 6.30. The second-order valence-corrected chi connectivity index (χ2v) is 6.31. The Balaban J connectivity index is 2.26. The molecule has 0 aliphatic carbocycles. The van der Waals surface area contributed by atoms with Gasteiger partial charge in [-0.25, -0.2) is 4.79 Å². The molecule has 0 bridgehead atoms. The molecule has 0 fully saturated rings. The number of ether oxygens (including phenoxy) is 3. The maximum absolute atomic E-state index is 12.4. The molecule has 0 aromatic heterocycles. The van der Waals surface area contributed by atoms with Gasteiger partial charge in [0, 0.05) is 17.6 Å². The van der Waals surface area contributed by atoms with Crippen molar-refractivity contribution in [2.45, 2.75) is 0 Å². The van der Waals surface area contributed by atoms with Gasteiger partial charge in [0.25, 0.3) is 0 Å². The van der Waals surface area contributed by atoms with Crippen LogP contribution in [0.5, 0.6) is 11.5 Å². The molecule has 2 rings (SSSR count). The molecule has 1 amide bonds. The zero-order valence-corrected chi connectivity index (χ0v) is 16.9. The summed E-state index contributed by atoms with van der Waals surface area (Å²) in [5.74, 6) is -0.294. The molecule has 8 heteroatoms. The molecule has 0 atom stereocenters. The van der Waals surface area contributed by atoms with Crippen LogP contribution in [0.25, 0.3) is 5.57 Å². The fourth-order valence-corrected chi connectivity index (χ4v) is 2.68. The van der Waals surface area contributed by atoms with E-state index in [4.69, 9.17) is 30.9 Å². The number of carbonyl (C=O) groups is 2. The molecule has 7 nitrogen and oxygen atoms in total. The molecule has 0 aliphatic heterocycles. The molecular weight excluding hydrogens is 398 g/mol. The number of benzene rings is 2. The van der Waals surface area contributed by atoms with E-state index in [0.717, 1.165) is 11.1 Å². The van der Waals surface area contributed by atoms with E-state index >= 15 is 0 Å². The molecule has 2 aromatic rings. The van der Waals surface area contributed by atoms with Crippen molar-refractivity contribution in [3.05, 3.63) is 64.7 Å². The van der Waals surface area contributed by atoms with Gasteiger partial charge in [-0.05, 0) is 41.0 Å². The lowest BCUT2D eigenvalue weighted by Gasteiger charge is -2.13. The summed E-state index contributed by atoms with van der Waals surface area (Å²) in [7, 11) is 3.09. The zero-order chi connectivity index (χ0) is 21.2.